The van der Waals surface area contributed by atoms with E-state index in [0.29, 0.717) is 22.6 Å². The van der Waals surface area contributed by atoms with Crippen LogP contribution in [0.25, 0.3) is 27.8 Å². The third-order valence-corrected chi connectivity index (χ3v) is 4.63. The molecule has 0 spiro atoms. The fraction of sp³-hybridized carbons (Fsp3) is 0.182. The van der Waals surface area contributed by atoms with Gasteiger partial charge in [0.1, 0.15) is 0 Å². The lowest BCUT2D eigenvalue weighted by Gasteiger charge is -2.15. The molecule has 0 N–H and O–H groups in total. The number of rotatable bonds is 4. The van der Waals surface area contributed by atoms with Gasteiger partial charge in [0.2, 0.25) is 0 Å². The summed E-state index contributed by atoms with van der Waals surface area (Å²) in [6, 6.07) is 10.5. The van der Waals surface area contributed by atoms with E-state index in [0.717, 1.165) is 6.07 Å². The van der Waals surface area contributed by atoms with Crippen molar-refractivity contribution in [2.45, 2.75) is 20.0 Å². The third-order valence-electron chi connectivity index (χ3n) is 4.63. The number of ether oxygens (including phenoxy) is 1. The van der Waals surface area contributed by atoms with Crippen LogP contribution in [0.5, 0.6) is 0 Å². The Morgan fingerprint density at radius 3 is 2.65 bits per heavy atom. The zero-order chi connectivity index (χ0) is 22.2. The van der Waals surface area contributed by atoms with Crippen LogP contribution >= 0.6 is 0 Å². The first kappa shape index (κ1) is 20.5. The number of halogens is 3. The average Bonchev–Trinajstić information content (AvgIpc) is 3.18. The number of nitrogens with zero attached hydrogens (tertiary/aromatic N) is 4. The largest absolute Gasteiger partial charge is 0.461 e. The zero-order valence-corrected chi connectivity index (χ0v) is 16.6. The number of carbonyl (C=O) groups excluding carboxylic acids is 1. The van der Waals surface area contributed by atoms with E-state index >= 15 is 0 Å². The lowest BCUT2D eigenvalue weighted by atomic mass is 10.1. The van der Waals surface area contributed by atoms with Crippen molar-refractivity contribution in [2.75, 3.05) is 6.61 Å². The van der Waals surface area contributed by atoms with Crippen LogP contribution in [0.3, 0.4) is 0 Å². The van der Waals surface area contributed by atoms with Gasteiger partial charge in [-0.2, -0.15) is 18.3 Å². The summed E-state index contributed by atoms with van der Waals surface area (Å²) in [4.78, 5) is 20.5. The van der Waals surface area contributed by atoms with Crippen LogP contribution in [0.15, 0.2) is 54.9 Å². The number of aromatic nitrogens is 4. The van der Waals surface area contributed by atoms with E-state index in [-0.39, 0.29) is 23.2 Å². The van der Waals surface area contributed by atoms with Crippen LogP contribution in [-0.2, 0) is 10.9 Å². The number of carbonyl (C=O) groups is 1. The molecule has 0 aliphatic rings. The summed E-state index contributed by atoms with van der Waals surface area (Å²) in [6.45, 7) is 3.45. The highest BCUT2D eigenvalue weighted by Gasteiger charge is 2.34. The lowest BCUT2D eigenvalue weighted by molar-refractivity contribution is -0.136. The first-order chi connectivity index (χ1) is 14.8. The molecule has 9 heteroatoms. The second-order valence-corrected chi connectivity index (χ2v) is 6.77. The molecule has 0 aliphatic heterocycles. The summed E-state index contributed by atoms with van der Waals surface area (Å²) in [5, 5.41) is 4.62. The van der Waals surface area contributed by atoms with Crippen LogP contribution in [0.2, 0.25) is 0 Å². The Morgan fingerprint density at radius 1 is 1.16 bits per heavy atom. The predicted molar refractivity (Wildman–Crippen MR) is 108 cm³/mol. The van der Waals surface area contributed by atoms with Crippen molar-refractivity contribution < 1.29 is 22.7 Å². The van der Waals surface area contributed by atoms with Crippen molar-refractivity contribution in [1.29, 1.82) is 0 Å². The molecule has 0 atom stereocenters. The summed E-state index contributed by atoms with van der Waals surface area (Å²) in [7, 11) is 0. The summed E-state index contributed by atoms with van der Waals surface area (Å²) < 4.78 is 47.3. The molecule has 31 heavy (non-hydrogen) atoms. The number of pyridine rings is 2. The summed E-state index contributed by atoms with van der Waals surface area (Å²) in [5.74, 6) is -0.627. The zero-order valence-electron chi connectivity index (χ0n) is 16.6. The minimum Gasteiger partial charge on any atom is -0.461 e. The maximum Gasteiger partial charge on any atom is 0.418 e. The molecule has 3 heterocycles. The van der Waals surface area contributed by atoms with Gasteiger partial charge in [-0.3, -0.25) is 9.97 Å². The third kappa shape index (κ3) is 3.86. The molecule has 0 fully saturated rings. The first-order valence-corrected chi connectivity index (χ1v) is 9.45. The summed E-state index contributed by atoms with van der Waals surface area (Å²) >= 11 is 0. The van der Waals surface area contributed by atoms with Gasteiger partial charge in [-0.1, -0.05) is 12.1 Å². The molecular formula is C22H17F3N4O2. The Kier molecular flexibility index (Phi) is 5.18. The monoisotopic (exact) mass is 426 g/mol. The van der Waals surface area contributed by atoms with Gasteiger partial charge in [-0.05, 0) is 44.2 Å². The van der Waals surface area contributed by atoms with Crippen LogP contribution in [0, 0.1) is 6.92 Å². The highest BCUT2D eigenvalue weighted by Crippen LogP contribution is 2.36. The Hall–Kier alpha value is -3.75. The van der Waals surface area contributed by atoms with Crippen molar-refractivity contribution in [3.05, 3.63) is 71.8 Å². The SMILES string of the molecule is CCOC(=O)c1cc(-c2cccnc2)n(-c2cc(C)nc3c(C(F)(F)F)cccc23)n1. The van der Waals surface area contributed by atoms with Gasteiger partial charge in [0.25, 0.3) is 0 Å². The molecule has 0 saturated carbocycles. The number of para-hydroxylation sites is 1. The minimum atomic E-state index is -4.57. The fourth-order valence-electron chi connectivity index (χ4n) is 3.35. The van der Waals surface area contributed by atoms with E-state index in [4.69, 9.17) is 4.74 Å². The van der Waals surface area contributed by atoms with Gasteiger partial charge in [-0.15, -0.1) is 0 Å². The van der Waals surface area contributed by atoms with E-state index in [9.17, 15) is 18.0 Å². The molecule has 4 rings (SSSR count). The summed E-state index contributed by atoms with van der Waals surface area (Å²) in [6.07, 6.45) is -1.39. The number of hydrogen-bond acceptors (Lipinski definition) is 5. The molecule has 4 aromatic rings. The predicted octanol–water partition coefficient (Wildman–Crippen LogP) is 4.99. The van der Waals surface area contributed by atoms with Crippen molar-refractivity contribution >= 4 is 16.9 Å². The Bertz CT molecular complexity index is 1270. The molecule has 3 aromatic heterocycles. The van der Waals surface area contributed by atoms with Crippen LogP contribution < -0.4 is 0 Å². The number of benzene rings is 1. The summed E-state index contributed by atoms with van der Waals surface area (Å²) in [5.41, 5.74) is 0.884. The van der Waals surface area contributed by atoms with E-state index < -0.39 is 17.7 Å². The van der Waals surface area contributed by atoms with Gasteiger partial charge in [0.15, 0.2) is 5.69 Å². The van der Waals surface area contributed by atoms with Crippen molar-refractivity contribution in [1.82, 2.24) is 19.7 Å². The molecule has 1 aromatic carbocycles. The topological polar surface area (TPSA) is 69.9 Å². The molecular weight excluding hydrogens is 409 g/mol. The van der Waals surface area contributed by atoms with Crippen LogP contribution in [0.1, 0.15) is 28.7 Å². The van der Waals surface area contributed by atoms with Gasteiger partial charge in [0, 0.05) is 29.0 Å². The quantitative estimate of drug-likeness (QED) is 0.430. The number of hydrogen-bond donors (Lipinski definition) is 0. The van der Waals surface area contributed by atoms with E-state index in [1.807, 2.05) is 0 Å². The number of esters is 1. The maximum absolute atomic E-state index is 13.6. The highest BCUT2D eigenvalue weighted by molar-refractivity contribution is 5.92. The van der Waals surface area contributed by atoms with Crippen LogP contribution in [0.4, 0.5) is 13.2 Å². The van der Waals surface area contributed by atoms with Crippen molar-refractivity contribution in [2.24, 2.45) is 0 Å². The number of alkyl halides is 3. The molecule has 0 saturated heterocycles. The van der Waals surface area contributed by atoms with E-state index in [1.165, 1.54) is 16.8 Å². The number of aryl methyl sites for hydroxylation is 1. The van der Waals surface area contributed by atoms with Gasteiger partial charge < -0.3 is 4.74 Å². The molecule has 0 unspecified atom stereocenters. The average molecular weight is 426 g/mol. The number of fused-ring (bicyclic) bond motifs is 1. The second-order valence-electron chi connectivity index (χ2n) is 6.77. The smallest absolute Gasteiger partial charge is 0.418 e. The van der Waals surface area contributed by atoms with Crippen LogP contribution in [-0.4, -0.2) is 32.3 Å². The molecule has 158 valence electrons. The molecule has 0 amide bonds. The molecule has 0 radical (unpaired) electrons. The normalized spacial score (nSPS) is 11.6. The standard InChI is InChI=1S/C22H17F3N4O2/c1-3-31-21(30)17-11-18(14-6-5-9-26-12-14)29(28-17)19-10-13(2)27-20-15(19)7-4-8-16(20)22(23,24)25/h4-12H,3H2,1-2H3. The van der Waals surface area contributed by atoms with Gasteiger partial charge in [-0.25, -0.2) is 9.48 Å². The van der Waals surface area contributed by atoms with Crippen molar-refractivity contribution in [3.8, 4) is 16.9 Å². The van der Waals surface area contributed by atoms with E-state index in [1.54, 1.807) is 50.5 Å². The molecule has 0 aliphatic carbocycles. The Balaban J connectivity index is 2.03. The minimum absolute atomic E-state index is 0.0373. The van der Waals surface area contributed by atoms with Crippen molar-refractivity contribution in [3.63, 3.8) is 0 Å². The van der Waals surface area contributed by atoms with E-state index in [2.05, 4.69) is 15.1 Å². The fourth-order valence-corrected chi connectivity index (χ4v) is 3.35. The Labute approximate surface area is 175 Å². The highest BCUT2D eigenvalue weighted by atomic mass is 19.4. The lowest BCUT2D eigenvalue weighted by Crippen LogP contribution is -2.10. The van der Waals surface area contributed by atoms with Gasteiger partial charge >= 0.3 is 12.1 Å². The molecule has 6 nitrogen and oxygen atoms in total. The Morgan fingerprint density at radius 2 is 1.97 bits per heavy atom. The molecule has 0 bridgehead atoms. The maximum atomic E-state index is 13.6. The van der Waals surface area contributed by atoms with Gasteiger partial charge in [0.05, 0.1) is 29.1 Å². The second kappa shape index (κ2) is 7.82. The first-order valence-electron chi connectivity index (χ1n) is 9.45.